The number of pyridine rings is 1. The normalized spacial score (nSPS) is 13.1. The van der Waals surface area contributed by atoms with Crippen molar-refractivity contribution >= 4 is 16.6 Å². The summed E-state index contributed by atoms with van der Waals surface area (Å²) >= 11 is 0. The molecule has 3 N–H and O–H groups in total. The lowest BCUT2D eigenvalue weighted by Crippen LogP contribution is -2.26. The highest BCUT2D eigenvalue weighted by molar-refractivity contribution is 6.05. The molecule has 0 aliphatic rings. The Balaban J connectivity index is 2.30. The van der Waals surface area contributed by atoms with Gasteiger partial charge in [0, 0.05) is 16.8 Å². The van der Waals surface area contributed by atoms with E-state index < -0.39 is 18.3 Å². The van der Waals surface area contributed by atoms with Crippen molar-refractivity contribution in [3.8, 4) is 11.4 Å². The van der Waals surface area contributed by atoms with Crippen LogP contribution in [0.2, 0.25) is 0 Å². The predicted molar refractivity (Wildman–Crippen MR) is 101 cm³/mol. The number of aliphatic hydroxyl groups excluding tert-OH is 2. The van der Waals surface area contributed by atoms with Crippen molar-refractivity contribution in [3.05, 3.63) is 70.5 Å². The zero-order valence-corrected chi connectivity index (χ0v) is 14.3. The highest BCUT2D eigenvalue weighted by Crippen LogP contribution is 2.28. The van der Waals surface area contributed by atoms with Gasteiger partial charge in [0.1, 0.15) is 11.3 Å². The Labute approximate surface area is 150 Å². The summed E-state index contributed by atoms with van der Waals surface area (Å²) in [6, 6.07) is 16.3. The molecule has 1 aromatic heterocycles. The summed E-state index contributed by atoms with van der Waals surface area (Å²) in [5, 5.41) is 29.6. The maximum atomic E-state index is 13.2. The van der Waals surface area contributed by atoms with E-state index in [1.54, 1.807) is 31.2 Å². The topological polar surface area (TPSA) is 95.1 Å². The van der Waals surface area contributed by atoms with Crippen LogP contribution in [0.3, 0.4) is 0 Å². The predicted octanol–water partition coefficient (Wildman–Crippen LogP) is 1.86. The maximum absolute atomic E-state index is 13.2. The molecular formula is C20H20N2O4. The van der Waals surface area contributed by atoms with Gasteiger partial charge in [-0.1, -0.05) is 30.3 Å². The Kier molecular flexibility index (Phi) is 5.16. The number of para-hydroxylation sites is 2. The van der Waals surface area contributed by atoms with E-state index >= 15 is 0 Å². The van der Waals surface area contributed by atoms with Crippen molar-refractivity contribution in [2.24, 2.45) is 4.99 Å². The van der Waals surface area contributed by atoms with Gasteiger partial charge in [0.25, 0.3) is 5.56 Å². The second-order valence-electron chi connectivity index (χ2n) is 5.98. The van der Waals surface area contributed by atoms with E-state index in [2.05, 4.69) is 4.99 Å². The van der Waals surface area contributed by atoms with Gasteiger partial charge in [0.05, 0.1) is 24.8 Å². The number of aliphatic hydroxyl groups is 2. The number of hydrogen-bond donors (Lipinski definition) is 3. The molecule has 6 nitrogen and oxygen atoms in total. The summed E-state index contributed by atoms with van der Waals surface area (Å²) in [6.07, 6.45) is -1.01. The first-order valence-corrected chi connectivity index (χ1v) is 8.27. The summed E-state index contributed by atoms with van der Waals surface area (Å²) in [5.74, 6) is -0.141. The Morgan fingerprint density at radius 1 is 1.12 bits per heavy atom. The maximum Gasteiger partial charge on any atom is 0.268 e. The highest BCUT2D eigenvalue weighted by atomic mass is 16.3. The molecule has 0 saturated heterocycles. The number of nitrogens with zero attached hydrogens (tertiary/aromatic N) is 2. The molecule has 0 radical (unpaired) electrons. The fourth-order valence-corrected chi connectivity index (χ4v) is 2.86. The molecule has 0 saturated carbocycles. The van der Waals surface area contributed by atoms with Crippen molar-refractivity contribution in [1.29, 1.82) is 0 Å². The number of hydrogen-bond acceptors (Lipinski definition) is 5. The summed E-state index contributed by atoms with van der Waals surface area (Å²) in [7, 11) is 0. The summed E-state index contributed by atoms with van der Waals surface area (Å²) in [4.78, 5) is 17.3. The van der Waals surface area contributed by atoms with Crippen molar-refractivity contribution in [1.82, 2.24) is 4.57 Å². The van der Waals surface area contributed by atoms with Crippen LogP contribution in [0.15, 0.2) is 64.4 Å². The lowest BCUT2D eigenvalue weighted by molar-refractivity contribution is 0.102. The minimum Gasteiger partial charge on any atom is -0.506 e. The van der Waals surface area contributed by atoms with E-state index in [0.29, 0.717) is 22.3 Å². The third kappa shape index (κ3) is 3.24. The van der Waals surface area contributed by atoms with Crippen LogP contribution in [0.1, 0.15) is 12.5 Å². The van der Waals surface area contributed by atoms with Gasteiger partial charge in [-0.05, 0) is 31.2 Å². The summed E-state index contributed by atoms with van der Waals surface area (Å²) < 4.78 is 1.53. The van der Waals surface area contributed by atoms with Crippen LogP contribution in [-0.4, -0.2) is 44.9 Å². The Morgan fingerprint density at radius 3 is 2.46 bits per heavy atom. The smallest absolute Gasteiger partial charge is 0.268 e. The minimum atomic E-state index is -1.01. The highest BCUT2D eigenvalue weighted by Gasteiger charge is 2.19. The molecule has 0 amide bonds. The first-order chi connectivity index (χ1) is 12.5. The number of rotatable bonds is 5. The second-order valence-corrected chi connectivity index (χ2v) is 5.98. The van der Waals surface area contributed by atoms with Crippen LogP contribution in [0.4, 0.5) is 0 Å². The van der Waals surface area contributed by atoms with Crippen molar-refractivity contribution in [2.75, 3.05) is 13.2 Å². The number of aliphatic imine (C=N–C) groups is 1. The molecule has 0 aliphatic heterocycles. The van der Waals surface area contributed by atoms with E-state index in [9.17, 15) is 15.0 Å². The second kappa shape index (κ2) is 7.51. The van der Waals surface area contributed by atoms with Crippen LogP contribution in [0.5, 0.6) is 5.75 Å². The number of fused-ring (bicyclic) bond motifs is 1. The van der Waals surface area contributed by atoms with Crippen LogP contribution < -0.4 is 5.56 Å². The Hall–Kier alpha value is -2.96. The fourth-order valence-electron chi connectivity index (χ4n) is 2.86. The van der Waals surface area contributed by atoms with E-state index in [4.69, 9.17) is 5.11 Å². The molecule has 3 rings (SSSR count). The average molecular weight is 352 g/mol. The van der Waals surface area contributed by atoms with Gasteiger partial charge in [0.15, 0.2) is 0 Å². The molecule has 1 unspecified atom stereocenters. The quantitative estimate of drug-likeness (QED) is 0.611. The van der Waals surface area contributed by atoms with Crippen molar-refractivity contribution in [2.45, 2.75) is 13.0 Å². The molecule has 2 aromatic carbocycles. The lowest BCUT2D eigenvalue weighted by atomic mass is 10.1. The molecule has 134 valence electrons. The zero-order chi connectivity index (χ0) is 18.7. The van der Waals surface area contributed by atoms with Crippen LogP contribution in [-0.2, 0) is 0 Å². The molecule has 0 fully saturated rings. The molecular weight excluding hydrogens is 332 g/mol. The Bertz CT molecular complexity index is 1010. The van der Waals surface area contributed by atoms with Gasteiger partial charge in [-0.15, -0.1) is 0 Å². The van der Waals surface area contributed by atoms with E-state index in [0.717, 1.165) is 0 Å². The van der Waals surface area contributed by atoms with Crippen LogP contribution in [0.25, 0.3) is 16.6 Å². The number of aromatic hydroxyl groups is 1. The van der Waals surface area contributed by atoms with Gasteiger partial charge in [-0.25, -0.2) is 0 Å². The molecule has 0 aliphatic carbocycles. The van der Waals surface area contributed by atoms with Gasteiger partial charge < -0.3 is 15.3 Å². The van der Waals surface area contributed by atoms with Gasteiger partial charge in [-0.3, -0.25) is 14.4 Å². The summed E-state index contributed by atoms with van der Waals surface area (Å²) in [5.41, 5.74) is 1.26. The molecule has 0 spiro atoms. The minimum absolute atomic E-state index is 0.0562. The standard InChI is InChI=1S/C20H20N2O4/c1-13(21-11-15(24)12-23)18-19(25)16-9-5-6-10-17(16)22(20(18)26)14-7-3-2-4-8-14/h2-10,15,23-25H,11-12H2,1H3. The third-order valence-electron chi connectivity index (χ3n) is 4.18. The van der Waals surface area contributed by atoms with Crippen molar-refractivity contribution in [3.63, 3.8) is 0 Å². The number of aromatic nitrogens is 1. The first kappa shape index (κ1) is 17.8. The molecule has 1 heterocycles. The van der Waals surface area contributed by atoms with Gasteiger partial charge >= 0.3 is 0 Å². The molecule has 1 atom stereocenters. The van der Waals surface area contributed by atoms with Crippen molar-refractivity contribution < 1.29 is 15.3 Å². The number of benzene rings is 2. The van der Waals surface area contributed by atoms with E-state index in [1.165, 1.54) is 4.57 Å². The SMILES string of the molecule is CC(=NCC(O)CO)c1c(O)c2ccccc2n(-c2ccccc2)c1=O. The van der Waals surface area contributed by atoms with Gasteiger partial charge in [-0.2, -0.15) is 0 Å². The Morgan fingerprint density at radius 2 is 1.77 bits per heavy atom. The fraction of sp³-hybridized carbons (Fsp3) is 0.200. The molecule has 26 heavy (non-hydrogen) atoms. The van der Waals surface area contributed by atoms with Gasteiger partial charge in [0.2, 0.25) is 0 Å². The molecule has 6 heteroatoms. The summed E-state index contributed by atoms with van der Waals surface area (Å²) in [6.45, 7) is 1.12. The van der Waals surface area contributed by atoms with Crippen LogP contribution in [0, 0.1) is 0 Å². The van der Waals surface area contributed by atoms with E-state index in [1.807, 2.05) is 30.3 Å². The first-order valence-electron chi connectivity index (χ1n) is 8.27. The third-order valence-corrected chi connectivity index (χ3v) is 4.18. The largest absolute Gasteiger partial charge is 0.506 e. The zero-order valence-electron chi connectivity index (χ0n) is 14.3. The lowest BCUT2D eigenvalue weighted by Gasteiger charge is -2.15. The van der Waals surface area contributed by atoms with Crippen LogP contribution >= 0.6 is 0 Å². The monoisotopic (exact) mass is 352 g/mol. The molecule has 0 bridgehead atoms. The molecule has 3 aromatic rings. The van der Waals surface area contributed by atoms with E-state index in [-0.39, 0.29) is 17.9 Å². The average Bonchev–Trinajstić information content (AvgIpc) is 2.67.